The van der Waals surface area contributed by atoms with Gasteiger partial charge in [-0.05, 0) is 74.9 Å². The monoisotopic (exact) mass is 657 g/mol. The third-order valence-electron chi connectivity index (χ3n) is 8.12. The van der Waals surface area contributed by atoms with Crippen LogP contribution in [0.1, 0.15) is 85.7 Å². The van der Waals surface area contributed by atoms with Crippen molar-refractivity contribution in [1.82, 2.24) is 25.7 Å². The number of rotatable bonds is 8. The summed E-state index contributed by atoms with van der Waals surface area (Å²) in [6.45, 7) is 8.93. The lowest BCUT2D eigenvalue weighted by molar-refractivity contribution is -0.151. The summed E-state index contributed by atoms with van der Waals surface area (Å²) in [5, 5.41) is 9.42. The first-order valence-electron chi connectivity index (χ1n) is 15.5. The molecular weight excluding hydrogens is 619 g/mol. The van der Waals surface area contributed by atoms with E-state index in [0.29, 0.717) is 67.2 Å². The van der Waals surface area contributed by atoms with Crippen LogP contribution in [0.15, 0.2) is 47.0 Å². The number of aromatic nitrogens is 2. The van der Waals surface area contributed by atoms with E-state index in [1.165, 1.54) is 6.07 Å². The van der Waals surface area contributed by atoms with Gasteiger partial charge in [-0.3, -0.25) is 9.59 Å². The molecule has 3 aromatic rings. The van der Waals surface area contributed by atoms with E-state index in [9.17, 15) is 27.6 Å². The summed E-state index contributed by atoms with van der Waals surface area (Å²) in [5.74, 6) is -0.311. The van der Waals surface area contributed by atoms with Gasteiger partial charge in [-0.25, -0.2) is 4.79 Å². The number of nitrogens with one attached hydrogen (secondary N) is 2. The van der Waals surface area contributed by atoms with Gasteiger partial charge < -0.3 is 29.5 Å². The lowest BCUT2D eigenvalue weighted by Crippen LogP contribution is -2.47. The number of nitrogens with zero attached hydrogens (tertiary/aromatic N) is 3. The first kappa shape index (κ1) is 33.9. The number of carbonyl (C=O) groups is 3. The fraction of sp³-hybridized carbons (Fsp3) is 0.485. The molecule has 2 N–H and O–H groups in total. The third kappa shape index (κ3) is 8.47. The number of likely N-dealkylation sites (tertiary alicyclic amines) is 1. The number of ether oxygens (including phenoxy) is 2. The highest BCUT2D eigenvalue weighted by molar-refractivity contribution is 5.89. The number of piperidine rings is 1. The molecule has 0 aliphatic carbocycles. The summed E-state index contributed by atoms with van der Waals surface area (Å²) in [5.41, 5.74) is 0.401. The number of alkyl halides is 3. The molecule has 2 fully saturated rings. The Kier molecular flexibility index (Phi) is 9.89. The van der Waals surface area contributed by atoms with Gasteiger partial charge in [-0.1, -0.05) is 35.5 Å². The second-order valence-corrected chi connectivity index (χ2v) is 12.8. The summed E-state index contributed by atoms with van der Waals surface area (Å²) >= 11 is 0. The van der Waals surface area contributed by atoms with Crippen LogP contribution < -0.4 is 10.6 Å². The number of amides is 3. The molecule has 11 nitrogen and oxygen atoms in total. The van der Waals surface area contributed by atoms with Crippen molar-refractivity contribution in [2.45, 2.75) is 70.8 Å². The highest BCUT2D eigenvalue weighted by Crippen LogP contribution is 2.35. The van der Waals surface area contributed by atoms with E-state index in [1.807, 2.05) is 4.90 Å². The van der Waals surface area contributed by atoms with Gasteiger partial charge in [0, 0.05) is 25.6 Å². The molecule has 0 bridgehead atoms. The molecule has 0 saturated carbocycles. The minimum Gasteiger partial charge on any atom is -0.444 e. The first-order valence-corrected chi connectivity index (χ1v) is 15.5. The number of alkyl carbamates (subject to hydrolysis) is 1. The molecule has 1 atom stereocenters. The van der Waals surface area contributed by atoms with E-state index < -0.39 is 35.4 Å². The first-order chi connectivity index (χ1) is 22.2. The SMILES string of the molecule is C[C@@H](NC(=O)c1nc(C2CCN(C(=O)C3COC3)CC2)no1)c1ccc(-c2cc(C(F)(F)F)ccc2CNC(=O)OC(C)(C)C)cc1. The molecule has 3 heterocycles. The maximum atomic E-state index is 13.6. The van der Waals surface area contributed by atoms with Gasteiger partial charge >= 0.3 is 24.1 Å². The van der Waals surface area contributed by atoms with Crippen molar-refractivity contribution in [1.29, 1.82) is 0 Å². The van der Waals surface area contributed by atoms with Crippen molar-refractivity contribution >= 4 is 17.9 Å². The van der Waals surface area contributed by atoms with Gasteiger partial charge in [0.1, 0.15) is 5.60 Å². The lowest BCUT2D eigenvalue weighted by atomic mass is 9.94. The van der Waals surface area contributed by atoms with E-state index in [-0.39, 0.29) is 30.2 Å². The Morgan fingerprint density at radius 3 is 2.32 bits per heavy atom. The second-order valence-electron chi connectivity index (χ2n) is 12.8. The van der Waals surface area contributed by atoms with Crippen molar-refractivity contribution in [3.05, 3.63) is 70.9 Å². The van der Waals surface area contributed by atoms with Gasteiger partial charge in [-0.15, -0.1) is 0 Å². The summed E-state index contributed by atoms with van der Waals surface area (Å²) in [7, 11) is 0. The third-order valence-corrected chi connectivity index (χ3v) is 8.12. The van der Waals surface area contributed by atoms with Crippen LogP contribution in [-0.4, -0.2) is 64.9 Å². The fourth-order valence-electron chi connectivity index (χ4n) is 5.44. The average molecular weight is 658 g/mol. The Balaban J connectivity index is 1.21. The molecule has 0 spiro atoms. The maximum Gasteiger partial charge on any atom is 0.416 e. The standard InChI is InChI=1S/C33H38F3N5O6/c1-19(38-28(42)29-39-27(40-47-29)22-11-13-41(14-12-22)30(43)24-17-45-18-24)20-5-7-21(8-6-20)26-15-25(33(34,35)36)10-9-23(26)16-37-31(44)46-32(2,3)4/h5-10,15,19,22,24H,11-14,16-18H2,1-4H3,(H,37,44)(H,38,42)/t19-/m1/s1. The number of benzene rings is 2. The van der Waals surface area contributed by atoms with E-state index in [4.69, 9.17) is 14.0 Å². The minimum absolute atomic E-state index is 0.0352. The Labute approximate surface area is 270 Å². The van der Waals surface area contributed by atoms with Crippen LogP contribution in [0.5, 0.6) is 0 Å². The summed E-state index contributed by atoms with van der Waals surface area (Å²) in [6.07, 6.45) is -3.92. The zero-order chi connectivity index (χ0) is 33.9. The van der Waals surface area contributed by atoms with Crippen molar-refractivity contribution < 1.29 is 41.6 Å². The highest BCUT2D eigenvalue weighted by atomic mass is 19.4. The van der Waals surface area contributed by atoms with E-state index >= 15 is 0 Å². The molecule has 2 aliphatic rings. The Morgan fingerprint density at radius 2 is 1.72 bits per heavy atom. The van der Waals surface area contributed by atoms with E-state index in [1.54, 1.807) is 52.0 Å². The molecule has 5 rings (SSSR count). The van der Waals surface area contributed by atoms with Gasteiger partial charge in [0.25, 0.3) is 0 Å². The van der Waals surface area contributed by atoms with Gasteiger partial charge in [0.05, 0.1) is 30.7 Å². The van der Waals surface area contributed by atoms with Gasteiger partial charge in [0.2, 0.25) is 5.91 Å². The molecule has 0 unspecified atom stereocenters. The zero-order valence-corrected chi connectivity index (χ0v) is 26.6. The summed E-state index contributed by atoms with van der Waals surface area (Å²) in [4.78, 5) is 43.7. The molecule has 0 radical (unpaired) electrons. The van der Waals surface area contributed by atoms with Crippen LogP contribution >= 0.6 is 0 Å². The van der Waals surface area contributed by atoms with Crippen LogP contribution in [0, 0.1) is 5.92 Å². The van der Waals surface area contributed by atoms with E-state index in [2.05, 4.69) is 20.8 Å². The number of hydrogen-bond acceptors (Lipinski definition) is 8. The van der Waals surface area contributed by atoms with Crippen LogP contribution in [0.3, 0.4) is 0 Å². The Morgan fingerprint density at radius 1 is 1.04 bits per heavy atom. The molecule has 2 aliphatic heterocycles. The minimum atomic E-state index is -4.55. The maximum absolute atomic E-state index is 13.6. The van der Waals surface area contributed by atoms with Gasteiger partial charge in [-0.2, -0.15) is 18.2 Å². The normalized spacial score (nSPS) is 16.7. The van der Waals surface area contributed by atoms with Crippen LogP contribution in [0.4, 0.5) is 18.0 Å². The lowest BCUT2D eigenvalue weighted by Gasteiger charge is -2.35. The molecule has 47 heavy (non-hydrogen) atoms. The number of hydrogen-bond donors (Lipinski definition) is 2. The zero-order valence-electron chi connectivity index (χ0n) is 26.6. The Hall–Kier alpha value is -4.46. The van der Waals surface area contributed by atoms with Crippen molar-refractivity contribution in [3.63, 3.8) is 0 Å². The molecule has 14 heteroatoms. The average Bonchev–Trinajstić information content (AvgIpc) is 3.49. The quantitative estimate of drug-likeness (QED) is 0.319. The van der Waals surface area contributed by atoms with E-state index in [0.717, 1.165) is 12.1 Å². The molecule has 2 saturated heterocycles. The van der Waals surface area contributed by atoms with Gasteiger partial charge in [0.15, 0.2) is 5.82 Å². The fourth-order valence-corrected chi connectivity index (χ4v) is 5.44. The molecule has 3 amide bonds. The summed E-state index contributed by atoms with van der Waals surface area (Å²) in [6, 6.07) is 9.58. The molecule has 2 aromatic carbocycles. The smallest absolute Gasteiger partial charge is 0.416 e. The predicted molar refractivity (Wildman–Crippen MR) is 163 cm³/mol. The van der Waals surface area contributed by atoms with Crippen LogP contribution in [-0.2, 0) is 27.0 Å². The number of carbonyl (C=O) groups excluding carboxylic acids is 3. The summed E-state index contributed by atoms with van der Waals surface area (Å²) < 4.78 is 56.3. The molecule has 252 valence electrons. The van der Waals surface area contributed by atoms with Crippen molar-refractivity contribution in [3.8, 4) is 11.1 Å². The molecular formula is C33H38F3N5O6. The van der Waals surface area contributed by atoms with Crippen LogP contribution in [0.25, 0.3) is 11.1 Å². The highest BCUT2D eigenvalue weighted by Gasteiger charge is 2.34. The van der Waals surface area contributed by atoms with Crippen molar-refractivity contribution in [2.75, 3.05) is 26.3 Å². The Bertz CT molecular complexity index is 1590. The second kappa shape index (κ2) is 13.7. The largest absolute Gasteiger partial charge is 0.444 e. The topological polar surface area (TPSA) is 136 Å². The van der Waals surface area contributed by atoms with Crippen LogP contribution in [0.2, 0.25) is 0 Å². The number of halogens is 3. The predicted octanol–water partition coefficient (Wildman–Crippen LogP) is 5.62. The van der Waals surface area contributed by atoms with Crippen molar-refractivity contribution in [2.24, 2.45) is 5.92 Å². The molecule has 1 aromatic heterocycles.